The van der Waals surface area contributed by atoms with E-state index in [4.69, 9.17) is 0 Å². The van der Waals surface area contributed by atoms with E-state index in [1.807, 2.05) is 6.92 Å². The van der Waals surface area contributed by atoms with E-state index >= 15 is 0 Å². The van der Waals surface area contributed by atoms with Crippen LogP contribution < -0.4 is 4.72 Å². The summed E-state index contributed by atoms with van der Waals surface area (Å²) in [6.07, 6.45) is 2.56. The number of anilines is 1. The van der Waals surface area contributed by atoms with Crippen molar-refractivity contribution in [1.82, 2.24) is 15.0 Å². The number of rotatable bonds is 3. The van der Waals surface area contributed by atoms with Gasteiger partial charge in [0.2, 0.25) is 0 Å². The Kier molecular flexibility index (Phi) is 2.84. The van der Waals surface area contributed by atoms with Crippen molar-refractivity contribution in [2.45, 2.75) is 18.9 Å². The van der Waals surface area contributed by atoms with Gasteiger partial charge in [-0.15, -0.1) is 0 Å². The van der Waals surface area contributed by atoms with Crippen LogP contribution >= 0.6 is 0 Å². The normalized spacial score (nSPS) is 11.4. The Hall–Kier alpha value is -1.89. The number of pyridine rings is 1. The molecule has 6 nitrogen and oxygen atoms in total. The molecule has 0 unspecified atom stereocenters. The molecule has 0 spiro atoms. The maximum absolute atomic E-state index is 11.9. The molecule has 2 aromatic rings. The molecule has 2 N–H and O–H groups in total. The molecule has 0 aliphatic heterocycles. The fraction of sp³-hybridized carbons (Fsp3) is 0.200. The molecule has 90 valence electrons. The van der Waals surface area contributed by atoms with E-state index in [-0.39, 0.29) is 5.03 Å². The van der Waals surface area contributed by atoms with E-state index < -0.39 is 10.0 Å². The molecule has 2 rings (SSSR count). The molecular formula is C10H12N4O2S. The number of sulfonamides is 1. The lowest BCUT2D eigenvalue weighted by atomic mass is 10.3. The molecule has 17 heavy (non-hydrogen) atoms. The highest BCUT2D eigenvalue weighted by atomic mass is 32.2. The molecule has 0 saturated heterocycles. The van der Waals surface area contributed by atoms with Gasteiger partial charge < -0.3 is 4.98 Å². The number of nitrogens with one attached hydrogen (secondary N) is 2. The molecule has 0 atom stereocenters. The average molecular weight is 252 g/mol. The third kappa shape index (κ3) is 2.44. The predicted molar refractivity (Wildman–Crippen MR) is 63.1 cm³/mol. The van der Waals surface area contributed by atoms with Crippen LogP contribution in [0.2, 0.25) is 0 Å². The van der Waals surface area contributed by atoms with Crippen molar-refractivity contribution in [3.8, 4) is 0 Å². The largest absolute Gasteiger partial charge is 0.334 e. The third-order valence-corrected chi connectivity index (χ3v) is 3.52. The standard InChI is InChI=1S/C10H12N4O2S/c1-7-3-4-9(8(2)13-7)14-17(15,16)10-5-11-6-12-10/h3-6,14H,1-2H3,(H,11,12). The van der Waals surface area contributed by atoms with Gasteiger partial charge in [0.15, 0.2) is 5.03 Å². The summed E-state index contributed by atoms with van der Waals surface area (Å²) in [4.78, 5) is 10.4. The number of aryl methyl sites for hydroxylation is 2. The van der Waals surface area contributed by atoms with Crippen LogP contribution in [0.25, 0.3) is 0 Å². The summed E-state index contributed by atoms with van der Waals surface area (Å²) in [5.74, 6) is 0. The van der Waals surface area contributed by atoms with Crippen LogP contribution in [0, 0.1) is 13.8 Å². The van der Waals surface area contributed by atoms with Gasteiger partial charge in [-0.3, -0.25) is 9.71 Å². The average Bonchev–Trinajstić information content (AvgIpc) is 2.76. The van der Waals surface area contributed by atoms with Crippen LogP contribution in [0.3, 0.4) is 0 Å². The first kappa shape index (κ1) is 11.6. The minimum absolute atomic E-state index is 0.0254. The minimum Gasteiger partial charge on any atom is -0.334 e. The van der Waals surface area contributed by atoms with Crippen molar-refractivity contribution in [2.75, 3.05) is 4.72 Å². The van der Waals surface area contributed by atoms with Gasteiger partial charge >= 0.3 is 0 Å². The molecule has 0 aliphatic carbocycles. The van der Waals surface area contributed by atoms with Gasteiger partial charge in [0.05, 0.1) is 23.9 Å². The summed E-state index contributed by atoms with van der Waals surface area (Å²) < 4.78 is 26.2. The smallest absolute Gasteiger partial charge is 0.279 e. The highest BCUT2D eigenvalue weighted by Gasteiger charge is 2.16. The quantitative estimate of drug-likeness (QED) is 0.859. The number of H-pyrrole nitrogens is 1. The fourth-order valence-corrected chi connectivity index (χ4v) is 2.41. The number of aromatic nitrogens is 3. The van der Waals surface area contributed by atoms with Gasteiger partial charge in [0.1, 0.15) is 0 Å². The summed E-state index contributed by atoms with van der Waals surface area (Å²) in [5, 5.41) is 0.0254. The molecule has 2 aromatic heterocycles. The highest BCUT2D eigenvalue weighted by Crippen LogP contribution is 2.17. The Morgan fingerprint density at radius 1 is 1.29 bits per heavy atom. The van der Waals surface area contributed by atoms with Gasteiger partial charge in [-0.1, -0.05) is 0 Å². The summed E-state index contributed by atoms with van der Waals surface area (Å²) in [6.45, 7) is 3.60. The van der Waals surface area contributed by atoms with E-state index in [1.165, 1.54) is 12.5 Å². The van der Waals surface area contributed by atoms with E-state index in [0.717, 1.165) is 5.69 Å². The number of imidazole rings is 1. The Bertz CT molecular complexity index is 620. The molecule has 0 aliphatic rings. The second-order valence-corrected chi connectivity index (χ2v) is 5.26. The lowest BCUT2D eigenvalue weighted by molar-refractivity contribution is 0.598. The summed E-state index contributed by atoms with van der Waals surface area (Å²) in [6, 6.07) is 3.43. The Morgan fingerprint density at radius 2 is 2.06 bits per heavy atom. The maximum atomic E-state index is 11.9. The van der Waals surface area contributed by atoms with E-state index in [1.54, 1.807) is 19.1 Å². The molecule has 0 radical (unpaired) electrons. The van der Waals surface area contributed by atoms with Crippen molar-refractivity contribution in [2.24, 2.45) is 0 Å². The number of aromatic amines is 1. The molecule has 0 saturated carbocycles. The first-order valence-electron chi connectivity index (χ1n) is 4.94. The van der Waals surface area contributed by atoms with E-state index in [0.29, 0.717) is 11.4 Å². The van der Waals surface area contributed by atoms with Crippen molar-refractivity contribution < 1.29 is 8.42 Å². The topological polar surface area (TPSA) is 87.7 Å². The molecule has 0 aromatic carbocycles. The van der Waals surface area contributed by atoms with Crippen LogP contribution in [-0.4, -0.2) is 23.4 Å². The second-order valence-electron chi connectivity index (χ2n) is 3.61. The maximum Gasteiger partial charge on any atom is 0.279 e. The molecular weight excluding hydrogens is 240 g/mol. The van der Waals surface area contributed by atoms with E-state index in [2.05, 4.69) is 19.7 Å². The zero-order valence-electron chi connectivity index (χ0n) is 9.43. The molecule has 2 heterocycles. The number of hydrogen-bond acceptors (Lipinski definition) is 4. The monoisotopic (exact) mass is 252 g/mol. The van der Waals surface area contributed by atoms with E-state index in [9.17, 15) is 8.42 Å². The second kappa shape index (κ2) is 4.17. The van der Waals surface area contributed by atoms with Gasteiger partial charge in [-0.05, 0) is 26.0 Å². The van der Waals surface area contributed by atoms with Crippen LogP contribution in [0.15, 0.2) is 29.7 Å². The molecule has 7 heteroatoms. The first-order chi connectivity index (χ1) is 7.99. The van der Waals surface area contributed by atoms with Gasteiger partial charge in [-0.2, -0.15) is 8.42 Å². The third-order valence-electron chi connectivity index (χ3n) is 2.23. The molecule has 0 fully saturated rings. The van der Waals surface area contributed by atoms with Crippen LogP contribution in [-0.2, 0) is 10.0 Å². The van der Waals surface area contributed by atoms with Gasteiger partial charge in [0, 0.05) is 5.69 Å². The minimum atomic E-state index is -3.61. The van der Waals surface area contributed by atoms with Crippen molar-refractivity contribution >= 4 is 15.7 Å². The number of hydrogen-bond donors (Lipinski definition) is 2. The van der Waals surface area contributed by atoms with Crippen LogP contribution in [0.1, 0.15) is 11.4 Å². The molecule has 0 amide bonds. The highest BCUT2D eigenvalue weighted by molar-refractivity contribution is 7.92. The summed E-state index contributed by atoms with van der Waals surface area (Å²) in [7, 11) is -3.61. The Balaban J connectivity index is 2.33. The van der Waals surface area contributed by atoms with Crippen molar-refractivity contribution in [1.29, 1.82) is 0 Å². The lowest BCUT2D eigenvalue weighted by Crippen LogP contribution is -2.14. The van der Waals surface area contributed by atoms with Crippen LogP contribution in [0.4, 0.5) is 5.69 Å². The summed E-state index contributed by atoms with van der Waals surface area (Å²) in [5.41, 5.74) is 1.94. The predicted octanol–water partition coefficient (Wildman–Crippen LogP) is 1.22. The van der Waals surface area contributed by atoms with Gasteiger partial charge in [0.25, 0.3) is 10.0 Å². The fourth-order valence-electron chi connectivity index (χ4n) is 1.38. The van der Waals surface area contributed by atoms with Crippen molar-refractivity contribution in [3.63, 3.8) is 0 Å². The summed E-state index contributed by atoms with van der Waals surface area (Å²) >= 11 is 0. The van der Waals surface area contributed by atoms with Crippen LogP contribution in [0.5, 0.6) is 0 Å². The molecule has 0 bridgehead atoms. The zero-order valence-corrected chi connectivity index (χ0v) is 10.2. The van der Waals surface area contributed by atoms with Crippen molar-refractivity contribution in [3.05, 3.63) is 36.0 Å². The first-order valence-corrected chi connectivity index (χ1v) is 6.43. The lowest BCUT2D eigenvalue weighted by Gasteiger charge is -2.08. The zero-order chi connectivity index (χ0) is 12.5. The number of nitrogens with zero attached hydrogens (tertiary/aromatic N) is 2. The Morgan fingerprint density at radius 3 is 2.65 bits per heavy atom. The van der Waals surface area contributed by atoms with Gasteiger partial charge in [-0.25, -0.2) is 4.98 Å². The Labute approximate surface area is 99.2 Å². The SMILES string of the molecule is Cc1ccc(NS(=O)(=O)c2cnc[nH]2)c(C)n1.